The third-order valence-electron chi connectivity index (χ3n) is 10.6. The van der Waals surface area contributed by atoms with Gasteiger partial charge in [-0.15, -0.1) is 0 Å². The Morgan fingerprint density at radius 2 is 1.25 bits per heavy atom. The minimum absolute atomic E-state index is 0.0410. The number of halogens is 8. The number of carbonyl (C=O) groups excluding carboxylic acids is 4. The summed E-state index contributed by atoms with van der Waals surface area (Å²) in [6, 6.07) is 7.46. The summed E-state index contributed by atoms with van der Waals surface area (Å²) in [5.74, 6) is -11.0. The monoisotopic (exact) mass is 812 g/mol. The topological polar surface area (TPSA) is 136 Å². The van der Waals surface area contributed by atoms with Crippen molar-refractivity contribution in [1.29, 1.82) is 0 Å². The van der Waals surface area contributed by atoms with Gasteiger partial charge in [0.05, 0.1) is 40.8 Å². The first-order valence-corrected chi connectivity index (χ1v) is 17.3. The Bertz CT molecular complexity index is 2190. The highest BCUT2D eigenvalue weighted by Gasteiger charge is 2.63. The van der Waals surface area contributed by atoms with Gasteiger partial charge in [-0.3, -0.25) is 29.2 Å². The summed E-state index contributed by atoms with van der Waals surface area (Å²) < 4.78 is 86.8. The molecule has 1 aromatic carbocycles. The van der Waals surface area contributed by atoms with Crippen LogP contribution in [0, 0.1) is 29.6 Å². The fourth-order valence-electron chi connectivity index (χ4n) is 8.24. The van der Waals surface area contributed by atoms with Gasteiger partial charge >= 0.3 is 12.4 Å². The first-order chi connectivity index (χ1) is 25.8. The van der Waals surface area contributed by atoms with Crippen molar-refractivity contribution in [3.05, 3.63) is 81.1 Å². The van der Waals surface area contributed by atoms with E-state index in [-0.39, 0.29) is 34.4 Å². The van der Waals surface area contributed by atoms with E-state index in [9.17, 15) is 50.6 Å². The van der Waals surface area contributed by atoms with Gasteiger partial charge in [-0.05, 0) is 60.7 Å². The molecule has 0 radical (unpaired) electrons. The summed E-state index contributed by atoms with van der Waals surface area (Å²) in [4.78, 5) is 64.2. The predicted octanol–water partition coefficient (Wildman–Crippen LogP) is 6.27. The smallest absolute Gasteiger partial charge is 0.433 e. The van der Waals surface area contributed by atoms with Crippen molar-refractivity contribution >= 4 is 58.5 Å². The first-order valence-electron chi connectivity index (χ1n) is 16.5. The van der Waals surface area contributed by atoms with Crippen LogP contribution in [0.25, 0.3) is 0 Å². The van der Waals surface area contributed by atoms with Crippen LogP contribution >= 0.6 is 23.2 Å². The maximum absolute atomic E-state index is 14.4. The van der Waals surface area contributed by atoms with Crippen LogP contribution in [0.3, 0.4) is 0 Å². The van der Waals surface area contributed by atoms with E-state index in [1.165, 1.54) is 19.2 Å². The Labute approximate surface area is 317 Å². The molecule has 20 heteroatoms. The summed E-state index contributed by atoms with van der Waals surface area (Å²) in [6.07, 6.45) is -8.29. The normalized spacial score (nSPS) is 25.1. The summed E-state index contributed by atoms with van der Waals surface area (Å²) in [5, 5.41) is 13.2. The number of phenolic OH excluding ortho intramolecular Hbond substituents is 1. The number of aromatic nitrogens is 2. The van der Waals surface area contributed by atoms with E-state index in [1.807, 2.05) is 0 Å². The van der Waals surface area contributed by atoms with E-state index in [0.717, 1.165) is 36.2 Å². The Morgan fingerprint density at radius 3 is 1.75 bits per heavy atom. The van der Waals surface area contributed by atoms with Crippen LogP contribution in [0.2, 0.25) is 10.0 Å². The number of imide groups is 2. The number of anilines is 2. The molecule has 7 rings (SSSR count). The Morgan fingerprint density at radius 1 is 0.745 bits per heavy atom. The van der Waals surface area contributed by atoms with Crippen molar-refractivity contribution in [3.8, 4) is 11.5 Å². The molecule has 0 spiro atoms. The lowest BCUT2D eigenvalue weighted by Gasteiger charge is -2.43. The van der Waals surface area contributed by atoms with E-state index < -0.39 is 94.5 Å². The number of ether oxygens (including phenoxy) is 1. The number of benzene rings is 1. The van der Waals surface area contributed by atoms with Gasteiger partial charge in [-0.25, -0.2) is 9.97 Å². The first kappa shape index (κ1) is 38.2. The molecule has 2 aliphatic carbocycles. The molecule has 2 aliphatic heterocycles. The highest BCUT2D eigenvalue weighted by molar-refractivity contribution is 6.33. The summed E-state index contributed by atoms with van der Waals surface area (Å²) in [6.45, 7) is 0. The number of aromatic hydroxyl groups is 1. The van der Waals surface area contributed by atoms with Crippen LogP contribution in [-0.2, 0) is 31.5 Å². The third-order valence-corrected chi connectivity index (χ3v) is 11.2. The molecule has 0 bridgehead atoms. The molecule has 3 fully saturated rings. The molecule has 55 heavy (non-hydrogen) atoms. The van der Waals surface area contributed by atoms with Crippen LogP contribution in [-0.4, -0.2) is 69.9 Å². The van der Waals surface area contributed by atoms with Gasteiger partial charge in [0.2, 0.25) is 0 Å². The van der Waals surface area contributed by atoms with Gasteiger partial charge in [0, 0.05) is 20.0 Å². The molecule has 2 saturated heterocycles. The number of allylic oxidation sites excluding steroid dienone is 2. The Kier molecular flexibility index (Phi) is 9.22. The van der Waals surface area contributed by atoms with Crippen LogP contribution in [0.5, 0.6) is 11.5 Å². The summed E-state index contributed by atoms with van der Waals surface area (Å²) in [5.41, 5.74) is -1.84. The van der Waals surface area contributed by atoms with Crippen molar-refractivity contribution in [1.82, 2.24) is 20.0 Å². The third kappa shape index (κ3) is 6.09. The van der Waals surface area contributed by atoms with Gasteiger partial charge in [0.25, 0.3) is 23.6 Å². The second kappa shape index (κ2) is 13.3. The largest absolute Gasteiger partial charge is 0.504 e. The molecular formula is C35H28Cl2F6N6O6. The number of rotatable bonds is 6. The van der Waals surface area contributed by atoms with Crippen molar-refractivity contribution in [2.75, 3.05) is 31.2 Å². The molecule has 12 nitrogen and oxygen atoms in total. The zero-order chi connectivity index (χ0) is 40.0. The summed E-state index contributed by atoms with van der Waals surface area (Å²) in [7, 11) is 3.63. The second-order valence-electron chi connectivity index (χ2n) is 13.5. The number of phenols is 1. The SMILES string of the molecule is COc1ccc(C2C3=CCC4C(=O)N(N(C)c5nc(C(F)(F)F)ccc5Cl)C(=O)C4C3CC3C(=O)N(N(C)c4nc(C(F)(F)F)ccc4Cl)C(=O)C32)cc1O. The number of methoxy groups -OCH3 is 1. The van der Waals surface area contributed by atoms with E-state index in [2.05, 4.69) is 9.97 Å². The quantitative estimate of drug-likeness (QED) is 0.172. The lowest BCUT2D eigenvalue weighted by molar-refractivity contribution is -0.143. The molecule has 6 atom stereocenters. The van der Waals surface area contributed by atoms with Gasteiger partial charge in [0.1, 0.15) is 11.4 Å². The Hall–Kier alpha value is -5.10. The number of carbonyl (C=O) groups is 4. The zero-order valence-electron chi connectivity index (χ0n) is 28.7. The number of nitrogens with zero attached hydrogens (tertiary/aromatic N) is 6. The average molecular weight is 814 g/mol. The molecule has 6 unspecified atom stereocenters. The maximum atomic E-state index is 14.4. The fourth-order valence-corrected chi connectivity index (χ4v) is 8.70. The number of pyridine rings is 2. The average Bonchev–Trinajstić information content (AvgIpc) is 3.52. The lowest BCUT2D eigenvalue weighted by atomic mass is 9.57. The van der Waals surface area contributed by atoms with E-state index >= 15 is 0 Å². The minimum Gasteiger partial charge on any atom is -0.504 e. The molecule has 4 heterocycles. The van der Waals surface area contributed by atoms with Crippen molar-refractivity contribution < 1.29 is 55.4 Å². The highest BCUT2D eigenvalue weighted by atomic mass is 35.5. The molecular weight excluding hydrogens is 785 g/mol. The maximum Gasteiger partial charge on any atom is 0.433 e. The number of amides is 4. The van der Waals surface area contributed by atoms with Gasteiger partial charge < -0.3 is 9.84 Å². The van der Waals surface area contributed by atoms with Crippen LogP contribution in [0.1, 0.15) is 35.7 Å². The van der Waals surface area contributed by atoms with E-state index in [4.69, 9.17) is 27.9 Å². The van der Waals surface area contributed by atoms with Crippen molar-refractivity contribution in [2.24, 2.45) is 29.6 Å². The van der Waals surface area contributed by atoms with Gasteiger partial charge in [-0.2, -0.15) is 36.4 Å². The molecule has 4 amide bonds. The summed E-state index contributed by atoms with van der Waals surface area (Å²) >= 11 is 12.4. The molecule has 1 N–H and O–H groups in total. The van der Waals surface area contributed by atoms with Gasteiger partial charge in [0.15, 0.2) is 23.1 Å². The standard InChI is InChI=1S/C35H28Cl2F6N6O6/c1-46(28-19(36)7-10-23(44-28)34(38,39)40)48-30(51)16-6-5-15-17(26(16)32(48)53)13-18-27(25(15)14-4-9-22(55-3)21(50)12-14)33(54)49(31(18)52)47(2)29-20(37)8-11-24(45-29)35(41,42)43/h4-5,7-12,16-18,25-27,50H,6,13H2,1-3H3. The molecule has 4 aliphatic rings. The minimum atomic E-state index is -4.89. The van der Waals surface area contributed by atoms with Crippen molar-refractivity contribution in [2.45, 2.75) is 31.1 Å². The number of hydrazine groups is 2. The number of alkyl halides is 6. The van der Waals surface area contributed by atoms with Crippen LogP contribution in [0.4, 0.5) is 38.0 Å². The van der Waals surface area contributed by atoms with Crippen molar-refractivity contribution in [3.63, 3.8) is 0 Å². The number of hydrogen-bond acceptors (Lipinski definition) is 10. The van der Waals surface area contributed by atoms with Gasteiger partial charge in [-0.1, -0.05) is 40.9 Å². The molecule has 290 valence electrons. The number of fused-ring (bicyclic) bond motifs is 4. The predicted molar refractivity (Wildman–Crippen MR) is 181 cm³/mol. The zero-order valence-corrected chi connectivity index (χ0v) is 30.2. The highest BCUT2D eigenvalue weighted by Crippen LogP contribution is 2.59. The second-order valence-corrected chi connectivity index (χ2v) is 14.3. The lowest BCUT2D eigenvalue weighted by Crippen LogP contribution is -2.46. The fraction of sp³-hybridized carbons (Fsp3) is 0.371. The van der Waals surface area contributed by atoms with E-state index in [0.29, 0.717) is 33.3 Å². The number of hydrogen-bond donors (Lipinski definition) is 1. The molecule has 3 aromatic rings. The van der Waals surface area contributed by atoms with Crippen LogP contribution in [0.15, 0.2) is 54.1 Å². The van der Waals surface area contributed by atoms with E-state index in [1.54, 1.807) is 12.1 Å². The molecule has 2 aromatic heterocycles. The Balaban J connectivity index is 1.30. The van der Waals surface area contributed by atoms with Crippen LogP contribution < -0.4 is 14.8 Å². The molecule has 1 saturated carbocycles.